The van der Waals surface area contributed by atoms with Crippen molar-refractivity contribution >= 4 is 16.5 Å². The van der Waals surface area contributed by atoms with Crippen LogP contribution in [0.1, 0.15) is 12.8 Å². The lowest BCUT2D eigenvalue weighted by Gasteiger charge is -2.12. The lowest BCUT2D eigenvalue weighted by atomic mass is 10.2. The molecule has 6 nitrogen and oxygen atoms in total. The Kier molecular flexibility index (Phi) is 3.79. The van der Waals surface area contributed by atoms with Crippen LogP contribution in [0.5, 0.6) is 0 Å². The average Bonchev–Trinajstić information content (AvgIpc) is 3.12. The molecule has 2 aromatic heterocycles. The molecule has 0 aliphatic carbocycles. The van der Waals surface area contributed by atoms with Gasteiger partial charge in [0.2, 0.25) is 5.13 Å². The Hall–Kier alpha value is -1.73. The van der Waals surface area contributed by atoms with Gasteiger partial charge in [0, 0.05) is 19.9 Å². The second-order valence-electron chi connectivity index (χ2n) is 4.68. The van der Waals surface area contributed by atoms with Crippen LogP contribution in [0.2, 0.25) is 0 Å². The van der Waals surface area contributed by atoms with E-state index in [1.54, 1.807) is 23.9 Å². The van der Waals surface area contributed by atoms with Crippen molar-refractivity contribution in [2.24, 2.45) is 0 Å². The Morgan fingerprint density at radius 3 is 3.15 bits per heavy atom. The molecular formula is C13H16N4O2S. The summed E-state index contributed by atoms with van der Waals surface area (Å²) in [5.41, 5.74) is 0.548. The minimum absolute atomic E-state index is 0.0400. The van der Waals surface area contributed by atoms with Crippen molar-refractivity contribution in [2.75, 3.05) is 19.0 Å². The summed E-state index contributed by atoms with van der Waals surface area (Å²) in [6, 6.07) is 3.65. The van der Waals surface area contributed by atoms with Crippen molar-refractivity contribution in [1.82, 2.24) is 14.8 Å². The average molecular weight is 292 g/mol. The van der Waals surface area contributed by atoms with Crippen LogP contribution in [0.25, 0.3) is 10.6 Å². The third-order valence-electron chi connectivity index (χ3n) is 3.31. The molecule has 1 N–H and O–H groups in total. The third-order valence-corrected chi connectivity index (χ3v) is 4.29. The summed E-state index contributed by atoms with van der Waals surface area (Å²) in [6.07, 6.45) is 4.03. The first-order valence-corrected chi connectivity index (χ1v) is 7.42. The van der Waals surface area contributed by atoms with Gasteiger partial charge in [0.25, 0.3) is 5.56 Å². The molecule has 0 radical (unpaired) electrons. The van der Waals surface area contributed by atoms with Crippen molar-refractivity contribution < 1.29 is 4.74 Å². The molecule has 0 spiro atoms. The van der Waals surface area contributed by atoms with Crippen molar-refractivity contribution in [2.45, 2.75) is 25.5 Å². The number of hydrogen-bond donors (Lipinski definition) is 1. The molecule has 0 saturated carbocycles. The summed E-state index contributed by atoms with van der Waals surface area (Å²) < 4.78 is 7.28. The number of rotatable bonds is 4. The number of nitrogens with one attached hydrogen (secondary N) is 1. The highest BCUT2D eigenvalue weighted by Crippen LogP contribution is 2.23. The molecule has 7 heteroatoms. The van der Waals surface area contributed by atoms with Crippen LogP contribution in [0.4, 0.5) is 5.13 Å². The van der Waals surface area contributed by atoms with E-state index in [9.17, 15) is 4.79 Å². The Labute approximate surface area is 120 Å². The molecule has 3 rings (SSSR count). The fourth-order valence-corrected chi connectivity index (χ4v) is 3.00. The van der Waals surface area contributed by atoms with E-state index in [-0.39, 0.29) is 11.7 Å². The zero-order chi connectivity index (χ0) is 13.9. The summed E-state index contributed by atoms with van der Waals surface area (Å²) in [4.78, 5) is 12.5. The van der Waals surface area contributed by atoms with Gasteiger partial charge in [0.1, 0.15) is 0 Å². The highest BCUT2D eigenvalue weighted by atomic mass is 32.1. The molecule has 0 amide bonds. The molecule has 2 aromatic rings. The number of nitrogens with zero attached hydrogens (tertiary/aromatic N) is 3. The van der Waals surface area contributed by atoms with E-state index in [0.717, 1.165) is 19.4 Å². The molecule has 0 bridgehead atoms. The van der Waals surface area contributed by atoms with E-state index < -0.39 is 0 Å². The fraction of sp³-hybridized carbons (Fsp3) is 0.462. The lowest BCUT2D eigenvalue weighted by Crippen LogP contribution is -2.26. The first kappa shape index (κ1) is 13.3. The van der Waals surface area contributed by atoms with Crippen molar-refractivity contribution in [3.63, 3.8) is 0 Å². The van der Waals surface area contributed by atoms with Crippen LogP contribution >= 0.6 is 11.3 Å². The molecule has 1 aliphatic rings. The van der Waals surface area contributed by atoms with Gasteiger partial charge in [-0.2, -0.15) is 0 Å². The normalized spacial score (nSPS) is 18.4. The zero-order valence-electron chi connectivity index (χ0n) is 11.2. The van der Waals surface area contributed by atoms with Crippen molar-refractivity contribution in [3.05, 3.63) is 28.7 Å². The first-order valence-electron chi connectivity index (χ1n) is 6.60. The smallest absolute Gasteiger partial charge is 0.261 e. The summed E-state index contributed by atoms with van der Waals surface area (Å²) in [5.74, 6) is 0. The molecule has 20 heavy (non-hydrogen) atoms. The Balaban J connectivity index is 1.90. The summed E-state index contributed by atoms with van der Waals surface area (Å²) >= 11 is 1.37. The molecular weight excluding hydrogens is 276 g/mol. The van der Waals surface area contributed by atoms with Crippen molar-refractivity contribution in [3.8, 4) is 10.6 Å². The Morgan fingerprint density at radius 1 is 1.55 bits per heavy atom. The van der Waals surface area contributed by atoms with Gasteiger partial charge in [-0.05, 0) is 25.0 Å². The maximum absolute atomic E-state index is 12.5. The number of anilines is 1. The van der Waals surface area contributed by atoms with Crippen LogP contribution in [-0.2, 0) is 11.3 Å². The summed E-state index contributed by atoms with van der Waals surface area (Å²) in [5, 5.41) is 12.3. The standard InChI is InChI=1S/C13H16N4O2S/c1-14-13-16-15-11(20-13)10-5-2-6-17(12(10)18)8-9-4-3-7-19-9/h2,5-6,9H,3-4,7-8H2,1H3,(H,14,16). The zero-order valence-corrected chi connectivity index (χ0v) is 12.0. The molecule has 1 atom stereocenters. The topological polar surface area (TPSA) is 69.0 Å². The van der Waals surface area contributed by atoms with Gasteiger partial charge in [-0.3, -0.25) is 4.79 Å². The van der Waals surface area contributed by atoms with Gasteiger partial charge in [-0.25, -0.2) is 0 Å². The summed E-state index contributed by atoms with van der Waals surface area (Å²) in [7, 11) is 1.78. The van der Waals surface area contributed by atoms with Crippen LogP contribution in [-0.4, -0.2) is 34.5 Å². The summed E-state index contributed by atoms with van der Waals surface area (Å²) in [6.45, 7) is 1.39. The quantitative estimate of drug-likeness (QED) is 0.926. The van der Waals surface area contributed by atoms with Gasteiger partial charge in [-0.15, -0.1) is 10.2 Å². The van der Waals surface area contributed by atoms with Gasteiger partial charge in [-0.1, -0.05) is 11.3 Å². The number of ether oxygens (including phenoxy) is 1. The number of hydrogen-bond acceptors (Lipinski definition) is 6. The van der Waals surface area contributed by atoms with Gasteiger partial charge < -0.3 is 14.6 Å². The number of aromatic nitrogens is 3. The molecule has 1 aliphatic heterocycles. The van der Waals surface area contributed by atoms with E-state index in [0.29, 0.717) is 22.2 Å². The highest BCUT2D eigenvalue weighted by Gasteiger charge is 2.18. The van der Waals surface area contributed by atoms with Gasteiger partial charge in [0.15, 0.2) is 5.01 Å². The molecule has 1 saturated heterocycles. The van der Waals surface area contributed by atoms with Gasteiger partial charge >= 0.3 is 0 Å². The monoisotopic (exact) mass is 292 g/mol. The Morgan fingerprint density at radius 2 is 2.45 bits per heavy atom. The second-order valence-corrected chi connectivity index (χ2v) is 5.65. The predicted octanol–water partition coefficient (Wildman–Crippen LogP) is 1.59. The third kappa shape index (κ3) is 2.59. The predicted molar refractivity (Wildman–Crippen MR) is 78.1 cm³/mol. The van der Waals surface area contributed by atoms with Gasteiger partial charge in [0.05, 0.1) is 18.2 Å². The fourth-order valence-electron chi connectivity index (χ4n) is 2.28. The van der Waals surface area contributed by atoms with Crippen molar-refractivity contribution in [1.29, 1.82) is 0 Å². The minimum atomic E-state index is -0.0400. The minimum Gasteiger partial charge on any atom is -0.376 e. The van der Waals surface area contributed by atoms with E-state index in [4.69, 9.17) is 4.74 Å². The maximum atomic E-state index is 12.5. The SMILES string of the molecule is CNc1nnc(-c2cccn(CC3CCCO3)c2=O)s1. The van der Waals surface area contributed by atoms with E-state index in [1.165, 1.54) is 11.3 Å². The van der Waals surface area contributed by atoms with E-state index >= 15 is 0 Å². The first-order chi connectivity index (χ1) is 9.78. The molecule has 1 fully saturated rings. The largest absolute Gasteiger partial charge is 0.376 e. The second kappa shape index (κ2) is 5.72. The molecule has 106 valence electrons. The maximum Gasteiger partial charge on any atom is 0.261 e. The highest BCUT2D eigenvalue weighted by molar-refractivity contribution is 7.18. The van der Waals surface area contributed by atoms with E-state index in [1.807, 2.05) is 6.07 Å². The number of pyridine rings is 1. The Bertz CT molecular complexity index is 646. The van der Waals surface area contributed by atoms with Crippen LogP contribution < -0.4 is 10.9 Å². The molecule has 0 aromatic carbocycles. The van der Waals surface area contributed by atoms with Crippen LogP contribution in [0.15, 0.2) is 23.1 Å². The lowest BCUT2D eigenvalue weighted by molar-refractivity contribution is 0.0962. The molecule has 1 unspecified atom stereocenters. The van der Waals surface area contributed by atoms with Crippen LogP contribution in [0.3, 0.4) is 0 Å². The van der Waals surface area contributed by atoms with E-state index in [2.05, 4.69) is 15.5 Å². The van der Waals surface area contributed by atoms with Crippen LogP contribution in [0, 0.1) is 0 Å². The molecule has 3 heterocycles.